The van der Waals surface area contributed by atoms with Crippen molar-refractivity contribution in [2.45, 2.75) is 195 Å². The Morgan fingerprint density at radius 1 is 0.531 bits per heavy atom. The lowest BCUT2D eigenvalue weighted by Gasteiger charge is -2.48. The molecule has 0 spiro atoms. The number of rotatable bonds is 25. The van der Waals surface area contributed by atoms with Crippen molar-refractivity contribution in [1.82, 2.24) is 5.32 Å². The molecule has 2 heterocycles. The number of carbonyl (C=O) groups is 1. The summed E-state index contributed by atoms with van der Waals surface area (Å²) in [5.74, 6) is 57.6. The third-order valence-corrected chi connectivity index (χ3v) is 12.7. The lowest BCUT2D eigenvalue weighted by molar-refractivity contribution is -0.370. The van der Waals surface area contributed by atoms with Crippen LogP contribution < -0.4 is 5.32 Å². The standard InChI is InChI=1S/C63H71NO17/c1-3-5-7-9-11-13-15-17-18-19-20-21-22-23-24-25-26-28-30-32-34-36-38-40-52(69)64-47(48(68)39-37-35-33-31-29-27-16-14-12-10-8-6-4-2)45-77-49-41-46(42-65)60(57(74)53(49)70)80-63-59(76)61(55(72)51(44-67)79-63)81-62-58(75)56(73)54(71)50(43-66)78-62/h37,39,46-51,53-63,65-68,70-76H,4,6,8,10,12,14,16,27,29,31,33,35,41-45H2,1-2H3,(H,64,69)/t46?,47-,48+,49?,50?,51?,53?,54?,55?,56?,57?,58?,59?,60?,61?,62?,63?/m0/s1. The molecule has 2 saturated heterocycles. The Morgan fingerprint density at radius 3 is 1.46 bits per heavy atom. The second-order valence-electron chi connectivity index (χ2n) is 18.6. The minimum absolute atomic E-state index is 0.181. The van der Waals surface area contributed by atoms with Crippen molar-refractivity contribution >= 4 is 5.91 Å². The largest absolute Gasteiger partial charge is 0.396 e. The summed E-state index contributed by atoms with van der Waals surface area (Å²) in [5, 5.41) is 120. The smallest absolute Gasteiger partial charge is 0.297 e. The number of aliphatic hydroxyl groups excluding tert-OH is 11. The van der Waals surface area contributed by atoms with Crippen LogP contribution in [-0.4, -0.2) is 186 Å². The summed E-state index contributed by atoms with van der Waals surface area (Å²) in [6, 6.07) is -1.14. The fourth-order valence-electron chi connectivity index (χ4n) is 8.35. The van der Waals surface area contributed by atoms with E-state index < -0.39 is 136 Å². The molecular weight excluding hydrogens is 1040 g/mol. The molecule has 18 heteroatoms. The van der Waals surface area contributed by atoms with Gasteiger partial charge in [0, 0.05) is 54.0 Å². The molecule has 2 aliphatic heterocycles. The zero-order chi connectivity index (χ0) is 59.0. The third-order valence-electron chi connectivity index (χ3n) is 12.7. The van der Waals surface area contributed by atoms with Gasteiger partial charge in [0.2, 0.25) is 0 Å². The zero-order valence-corrected chi connectivity index (χ0v) is 45.4. The van der Waals surface area contributed by atoms with Gasteiger partial charge in [-0.15, -0.1) is 0 Å². The van der Waals surface area contributed by atoms with Gasteiger partial charge in [-0.2, -0.15) is 0 Å². The Morgan fingerprint density at radius 2 is 0.975 bits per heavy atom. The van der Waals surface area contributed by atoms with Gasteiger partial charge in [-0.05, 0) is 121 Å². The summed E-state index contributed by atoms with van der Waals surface area (Å²) < 4.78 is 28.6. The topological polar surface area (TPSA) is 298 Å². The molecule has 1 saturated carbocycles. The summed E-state index contributed by atoms with van der Waals surface area (Å²) in [5.41, 5.74) is 0. The van der Waals surface area contributed by atoms with Crippen LogP contribution in [0, 0.1) is 148 Å². The molecular formula is C63H71NO17. The Balaban J connectivity index is 1.66. The van der Waals surface area contributed by atoms with Crippen LogP contribution in [0.4, 0.5) is 0 Å². The van der Waals surface area contributed by atoms with Gasteiger partial charge in [0.15, 0.2) is 12.6 Å². The van der Waals surface area contributed by atoms with Crippen LogP contribution in [0.1, 0.15) is 97.3 Å². The number of aliphatic hydroxyl groups is 11. The van der Waals surface area contributed by atoms with Crippen molar-refractivity contribution in [2.75, 3.05) is 26.4 Å². The van der Waals surface area contributed by atoms with E-state index in [1.54, 1.807) is 13.0 Å². The van der Waals surface area contributed by atoms with Crippen molar-refractivity contribution in [3.63, 3.8) is 0 Å². The predicted octanol–water partition coefficient (Wildman–Crippen LogP) is -1.72. The molecule has 0 aromatic heterocycles. The number of ether oxygens (including phenoxy) is 5. The molecule has 1 aliphatic carbocycles. The molecule has 0 aromatic rings. The predicted molar refractivity (Wildman–Crippen MR) is 295 cm³/mol. The number of nitrogens with one attached hydrogen (secondary N) is 1. The Labute approximate surface area is 476 Å². The van der Waals surface area contributed by atoms with E-state index in [-0.39, 0.29) is 6.42 Å². The molecule has 12 N–H and O–H groups in total. The molecule has 81 heavy (non-hydrogen) atoms. The second kappa shape index (κ2) is 41.3. The lowest BCUT2D eigenvalue weighted by Crippen LogP contribution is -2.66. The van der Waals surface area contributed by atoms with Crippen LogP contribution >= 0.6 is 0 Å². The summed E-state index contributed by atoms with van der Waals surface area (Å²) in [6.07, 6.45) is -8.46. The van der Waals surface area contributed by atoms with Crippen molar-refractivity contribution in [3.05, 3.63) is 12.2 Å². The van der Waals surface area contributed by atoms with E-state index in [1.165, 1.54) is 51.0 Å². The van der Waals surface area contributed by atoms with E-state index in [1.807, 2.05) is 0 Å². The Bertz CT molecular complexity index is 2810. The van der Waals surface area contributed by atoms with Crippen LogP contribution in [0.15, 0.2) is 12.2 Å². The normalized spacial score (nSPS) is 27.4. The highest BCUT2D eigenvalue weighted by Gasteiger charge is 2.53. The first kappa shape index (κ1) is 68.6. The first-order valence-corrected chi connectivity index (χ1v) is 26.7. The van der Waals surface area contributed by atoms with Gasteiger partial charge in [-0.1, -0.05) is 89.2 Å². The molecule has 1 amide bonds. The summed E-state index contributed by atoms with van der Waals surface area (Å²) in [6.45, 7) is 1.14. The van der Waals surface area contributed by atoms with E-state index in [0.29, 0.717) is 6.42 Å². The molecule has 3 fully saturated rings. The summed E-state index contributed by atoms with van der Waals surface area (Å²) in [4.78, 5) is 13.0. The fourth-order valence-corrected chi connectivity index (χ4v) is 8.35. The second-order valence-corrected chi connectivity index (χ2v) is 18.6. The quantitative estimate of drug-likeness (QED) is 0.0275. The van der Waals surface area contributed by atoms with Crippen molar-refractivity contribution in [1.29, 1.82) is 0 Å². The van der Waals surface area contributed by atoms with Crippen LogP contribution in [0.3, 0.4) is 0 Å². The van der Waals surface area contributed by atoms with Crippen LogP contribution in [0.25, 0.3) is 0 Å². The molecule has 3 aliphatic rings. The molecule has 0 aromatic carbocycles. The first-order chi connectivity index (χ1) is 39.3. The summed E-state index contributed by atoms with van der Waals surface area (Å²) in [7, 11) is 0. The van der Waals surface area contributed by atoms with Crippen molar-refractivity contribution in [2.24, 2.45) is 5.92 Å². The van der Waals surface area contributed by atoms with Crippen molar-refractivity contribution in [3.8, 4) is 142 Å². The number of hydrogen-bond donors (Lipinski definition) is 12. The van der Waals surface area contributed by atoms with E-state index >= 15 is 0 Å². The van der Waals surface area contributed by atoms with Crippen molar-refractivity contribution < 1.29 is 84.7 Å². The molecule has 18 nitrogen and oxygen atoms in total. The van der Waals surface area contributed by atoms with Gasteiger partial charge in [0.05, 0.1) is 44.2 Å². The van der Waals surface area contributed by atoms with Gasteiger partial charge in [-0.25, -0.2) is 0 Å². The maximum absolute atomic E-state index is 13.0. The Kier molecular flexibility index (Phi) is 35.0. The van der Waals surface area contributed by atoms with Crippen LogP contribution in [0.5, 0.6) is 0 Å². The highest BCUT2D eigenvalue weighted by Crippen LogP contribution is 2.35. The highest BCUT2D eigenvalue weighted by molar-refractivity contribution is 5.94. The monoisotopic (exact) mass is 1110 g/mol. The maximum atomic E-state index is 13.0. The highest BCUT2D eigenvalue weighted by atomic mass is 16.7. The molecule has 0 bridgehead atoms. The minimum atomic E-state index is -1.96. The van der Waals surface area contributed by atoms with Crippen LogP contribution in [-0.2, 0) is 28.5 Å². The molecule has 430 valence electrons. The average Bonchev–Trinajstić information content (AvgIpc) is 3.47. The SMILES string of the molecule is CC#CC#CC#CC#CC#CC#CC#CC#CC#CC#CC#CC#CC(=O)N[C@@H](COC1CC(CO)C(OC2OC(CO)C(O)C(OC3OC(CO)C(O)C(O)C3O)C2O)C(O)C1O)[C@H](O)C=CCCCCCCCCCCCCC. The van der Waals surface area contributed by atoms with E-state index in [0.717, 1.165) is 25.7 Å². The van der Waals surface area contributed by atoms with E-state index in [9.17, 15) is 61.0 Å². The van der Waals surface area contributed by atoms with Gasteiger partial charge in [0.25, 0.3) is 5.91 Å². The van der Waals surface area contributed by atoms with Gasteiger partial charge >= 0.3 is 0 Å². The Hall–Kier alpha value is -6.71. The van der Waals surface area contributed by atoms with Gasteiger partial charge < -0.3 is 85.2 Å². The molecule has 15 unspecified atom stereocenters. The lowest BCUT2D eigenvalue weighted by atomic mass is 9.80. The fraction of sp³-hybridized carbons (Fsp3) is 0.571. The molecule has 0 radical (unpaired) electrons. The zero-order valence-electron chi connectivity index (χ0n) is 45.4. The maximum Gasteiger partial charge on any atom is 0.297 e. The number of hydrogen-bond acceptors (Lipinski definition) is 17. The summed E-state index contributed by atoms with van der Waals surface area (Å²) >= 11 is 0. The minimum Gasteiger partial charge on any atom is -0.396 e. The number of carbonyl (C=O) groups excluding carboxylic acids is 1. The third kappa shape index (κ3) is 25.7. The number of unbranched alkanes of at least 4 members (excludes halogenated alkanes) is 11. The van der Waals surface area contributed by atoms with Gasteiger partial charge in [0.1, 0.15) is 61.0 Å². The first-order valence-electron chi connectivity index (χ1n) is 26.7. The van der Waals surface area contributed by atoms with E-state index in [2.05, 4.69) is 154 Å². The van der Waals surface area contributed by atoms with E-state index in [4.69, 9.17) is 23.7 Å². The van der Waals surface area contributed by atoms with Gasteiger partial charge in [-0.3, -0.25) is 4.79 Å². The number of amides is 1. The van der Waals surface area contributed by atoms with Crippen LogP contribution in [0.2, 0.25) is 0 Å². The molecule has 17 atom stereocenters. The molecule has 3 rings (SSSR count). The number of allylic oxidation sites excluding steroid dienone is 1. The average molecular weight is 1110 g/mol.